The van der Waals surface area contributed by atoms with Gasteiger partial charge in [0.05, 0.1) is 5.69 Å². The second-order valence-electron chi connectivity index (χ2n) is 4.11. The molecule has 20 heavy (non-hydrogen) atoms. The van der Waals surface area contributed by atoms with Crippen LogP contribution in [0.3, 0.4) is 0 Å². The van der Waals surface area contributed by atoms with Crippen molar-refractivity contribution in [3.05, 3.63) is 46.3 Å². The molecule has 0 unspecified atom stereocenters. The van der Waals surface area contributed by atoms with E-state index in [1.54, 1.807) is 6.92 Å². The van der Waals surface area contributed by atoms with Crippen LogP contribution in [-0.2, 0) is 16.6 Å². The minimum absolute atomic E-state index is 0.0409. The summed E-state index contributed by atoms with van der Waals surface area (Å²) < 4.78 is 52.6. The van der Waals surface area contributed by atoms with Crippen molar-refractivity contribution in [3.8, 4) is 0 Å². The molecule has 1 heterocycles. The van der Waals surface area contributed by atoms with Gasteiger partial charge >= 0.3 is 0 Å². The van der Waals surface area contributed by atoms with Gasteiger partial charge in [-0.15, -0.1) is 11.3 Å². The molecule has 0 spiro atoms. The van der Waals surface area contributed by atoms with Crippen LogP contribution < -0.4 is 10.5 Å². The molecule has 0 saturated carbocycles. The molecule has 0 atom stereocenters. The first-order valence-corrected chi connectivity index (χ1v) is 7.90. The first-order chi connectivity index (χ1) is 9.33. The van der Waals surface area contributed by atoms with E-state index in [4.69, 9.17) is 5.73 Å². The molecule has 2 rings (SSSR count). The molecule has 0 bridgehead atoms. The van der Waals surface area contributed by atoms with Gasteiger partial charge in [-0.25, -0.2) is 17.2 Å². The van der Waals surface area contributed by atoms with Gasteiger partial charge in [0, 0.05) is 17.5 Å². The van der Waals surface area contributed by atoms with Crippen molar-refractivity contribution in [1.82, 2.24) is 0 Å². The van der Waals surface area contributed by atoms with Crippen molar-refractivity contribution in [3.63, 3.8) is 0 Å². The molecule has 0 aliphatic carbocycles. The Hall–Kier alpha value is -1.51. The molecule has 2 aromatic rings. The monoisotopic (exact) mass is 318 g/mol. The van der Waals surface area contributed by atoms with E-state index in [1.165, 1.54) is 6.07 Å². The van der Waals surface area contributed by atoms with Gasteiger partial charge in [-0.2, -0.15) is 0 Å². The average molecular weight is 318 g/mol. The highest BCUT2D eigenvalue weighted by Gasteiger charge is 2.20. The van der Waals surface area contributed by atoms with Gasteiger partial charge in [-0.3, -0.25) is 4.72 Å². The third-order valence-electron chi connectivity index (χ3n) is 2.62. The minimum atomic E-state index is -3.91. The lowest BCUT2D eigenvalue weighted by Gasteiger charge is -2.07. The molecule has 108 valence electrons. The highest BCUT2D eigenvalue weighted by atomic mass is 32.2. The Bertz CT molecular complexity index is 742. The van der Waals surface area contributed by atoms with Crippen LogP contribution in [0.25, 0.3) is 0 Å². The van der Waals surface area contributed by atoms with Crippen LogP contribution in [0, 0.1) is 18.6 Å². The lowest BCUT2D eigenvalue weighted by molar-refractivity contribution is 0.583. The largest absolute Gasteiger partial charge is 0.326 e. The summed E-state index contributed by atoms with van der Waals surface area (Å²) in [6.45, 7) is 1.98. The number of nitrogens with one attached hydrogen (secondary N) is 1. The van der Waals surface area contributed by atoms with Crippen LogP contribution in [0.1, 0.15) is 10.4 Å². The molecule has 8 heteroatoms. The van der Waals surface area contributed by atoms with E-state index >= 15 is 0 Å². The van der Waals surface area contributed by atoms with Crippen LogP contribution in [0.2, 0.25) is 0 Å². The van der Waals surface area contributed by atoms with Gasteiger partial charge in [0.2, 0.25) is 0 Å². The second-order valence-corrected chi connectivity index (χ2v) is 7.15. The molecule has 1 aromatic heterocycles. The maximum atomic E-state index is 13.5. The zero-order valence-electron chi connectivity index (χ0n) is 10.5. The summed E-state index contributed by atoms with van der Waals surface area (Å²) >= 11 is 1.02. The quantitative estimate of drug-likeness (QED) is 0.910. The van der Waals surface area contributed by atoms with Gasteiger partial charge in [0.15, 0.2) is 0 Å². The summed E-state index contributed by atoms with van der Waals surface area (Å²) in [5.41, 5.74) is 5.96. The van der Waals surface area contributed by atoms with Crippen LogP contribution in [0.5, 0.6) is 0 Å². The van der Waals surface area contributed by atoms with Crippen molar-refractivity contribution in [2.24, 2.45) is 5.73 Å². The molecule has 4 nitrogen and oxygen atoms in total. The fraction of sp³-hybridized carbons (Fsp3) is 0.167. The first-order valence-electron chi connectivity index (χ1n) is 5.60. The molecule has 0 radical (unpaired) electrons. The molecule has 1 aromatic carbocycles. The van der Waals surface area contributed by atoms with E-state index in [0.29, 0.717) is 6.07 Å². The van der Waals surface area contributed by atoms with Crippen molar-refractivity contribution < 1.29 is 17.2 Å². The molecule has 0 fully saturated rings. The zero-order chi connectivity index (χ0) is 14.9. The van der Waals surface area contributed by atoms with E-state index < -0.39 is 21.7 Å². The molecular formula is C12H12F2N2O2S2. The van der Waals surface area contributed by atoms with E-state index in [-0.39, 0.29) is 16.4 Å². The number of nitrogens with two attached hydrogens (primary N) is 1. The minimum Gasteiger partial charge on any atom is -0.326 e. The molecule has 0 amide bonds. The Morgan fingerprint density at radius 3 is 2.55 bits per heavy atom. The van der Waals surface area contributed by atoms with Crippen LogP contribution in [0.4, 0.5) is 14.5 Å². The first kappa shape index (κ1) is 14.9. The summed E-state index contributed by atoms with van der Waals surface area (Å²) in [7, 11) is -3.91. The SMILES string of the molecule is Cc1cc(S(=O)(=O)Nc2ccc(F)cc2F)sc1CN. The van der Waals surface area contributed by atoms with Crippen molar-refractivity contribution >= 4 is 27.0 Å². The Morgan fingerprint density at radius 1 is 1.30 bits per heavy atom. The highest BCUT2D eigenvalue weighted by molar-refractivity contribution is 7.94. The number of benzene rings is 1. The lowest BCUT2D eigenvalue weighted by atomic mass is 10.3. The predicted molar refractivity (Wildman–Crippen MR) is 74.1 cm³/mol. The zero-order valence-corrected chi connectivity index (χ0v) is 12.1. The number of aryl methyl sites for hydroxylation is 1. The van der Waals surface area contributed by atoms with Crippen molar-refractivity contribution in [1.29, 1.82) is 0 Å². The summed E-state index contributed by atoms with van der Waals surface area (Å²) in [6, 6.07) is 4.10. The standard InChI is InChI=1S/C12H12F2N2O2S2/c1-7-4-12(19-11(7)6-15)20(17,18)16-10-3-2-8(13)5-9(10)14/h2-5,16H,6,15H2,1H3. The van der Waals surface area contributed by atoms with Gasteiger partial charge in [-0.05, 0) is 30.7 Å². The van der Waals surface area contributed by atoms with Crippen LogP contribution >= 0.6 is 11.3 Å². The number of hydrogen-bond acceptors (Lipinski definition) is 4. The number of rotatable bonds is 4. The van der Waals surface area contributed by atoms with Crippen LogP contribution in [0.15, 0.2) is 28.5 Å². The molecule has 0 aliphatic heterocycles. The maximum absolute atomic E-state index is 13.5. The van der Waals surface area contributed by atoms with Crippen LogP contribution in [-0.4, -0.2) is 8.42 Å². The third kappa shape index (κ3) is 2.97. The van der Waals surface area contributed by atoms with Gasteiger partial charge in [-0.1, -0.05) is 0 Å². The molecular weight excluding hydrogens is 306 g/mol. The van der Waals surface area contributed by atoms with E-state index in [2.05, 4.69) is 4.72 Å². The summed E-state index contributed by atoms with van der Waals surface area (Å²) in [5.74, 6) is -1.75. The average Bonchev–Trinajstić information content (AvgIpc) is 2.75. The van der Waals surface area contributed by atoms with E-state index in [9.17, 15) is 17.2 Å². The smallest absolute Gasteiger partial charge is 0.271 e. The fourth-order valence-corrected chi connectivity index (χ4v) is 4.13. The van der Waals surface area contributed by atoms with Gasteiger partial charge < -0.3 is 5.73 Å². The normalized spacial score (nSPS) is 11.6. The number of anilines is 1. The van der Waals surface area contributed by atoms with Gasteiger partial charge in [0.25, 0.3) is 10.0 Å². The fourth-order valence-electron chi connectivity index (χ4n) is 1.59. The Labute approximate surface area is 119 Å². The summed E-state index contributed by atoms with van der Waals surface area (Å²) in [5, 5.41) is 0. The molecule has 3 N–H and O–H groups in total. The van der Waals surface area contributed by atoms with Gasteiger partial charge in [0.1, 0.15) is 15.8 Å². The Morgan fingerprint density at radius 2 is 2.00 bits per heavy atom. The summed E-state index contributed by atoms with van der Waals surface area (Å²) in [4.78, 5) is 0.741. The predicted octanol–water partition coefficient (Wildman–Crippen LogP) is 2.59. The van der Waals surface area contributed by atoms with Crippen molar-refractivity contribution in [2.45, 2.75) is 17.7 Å². The Balaban J connectivity index is 2.35. The number of thiophene rings is 1. The van der Waals surface area contributed by atoms with E-state index in [0.717, 1.165) is 33.9 Å². The number of halogens is 2. The molecule has 0 saturated heterocycles. The number of sulfonamides is 1. The lowest BCUT2D eigenvalue weighted by Crippen LogP contribution is -2.12. The van der Waals surface area contributed by atoms with E-state index in [1.807, 2.05) is 0 Å². The third-order valence-corrected chi connectivity index (χ3v) is 5.72. The second kappa shape index (κ2) is 5.47. The number of hydrogen-bond donors (Lipinski definition) is 2. The maximum Gasteiger partial charge on any atom is 0.271 e. The molecule has 0 aliphatic rings. The topological polar surface area (TPSA) is 72.2 Å². The highest BCUT2D eigenvalue weighted by Crippen LogP contribution is 2.28. The summed E-state index contributed by atoms with van der Waals surface area (Å²) in [6.07, 6.45) is 0. The van der Waals surface area contributed by atoms with Crippen molar-refractivity contribution in [2.75, 3.05) is 4.72 Å². The Kier molecular flexibility index (Phi) is 4.07.